The highest BCUT2D eigenvalue weighted by atomic mass is 16.7. The molecule has 0 atom stereocenters. The van der Waals surface area contributed by atoms with Crippen LogP contribution in [0.25, 0.3) is 88.7 Å². The summed E-state index contributed by atoms with van der Waals surface area (Å²) in [6.45, 7) is 33.2. The number of aromatic carboxylic acids is 2. The van der Waals surface area contributed by atoms with Crippen molar-refractivity contribution < 1.29 is 38.6 Å². The molecule has 3 N–H and O–H groups in total. The third-order valence-corrected chi connectivity index (χ3v) is 21.6. The van der Waals surface area contributed by atoms with Crippen LogP contribution in [0.4, 0.5) is 10.5 Å². The van der Waals surface area contributed by atoms with E-state index >= 15 is 0 Å². The number of amides is 1. The number of aromatic nitrogens is 14. The Morgan fingerprint density at radius 3 is 1.60 bits per heavy atom. The SMILES string of the molecule is CC(C)c1cc(NC(=O)ON2CCCCC2)cc2c(C(=O)O)cn(C)c12.CC(C)c1cn(CCN2CCCCC2)c2ccc(-c3ncccn3)cc12.CC(C)c1cn(Cc2cocn2)c2ccc(C(=O)O)cc12.CCCn1cc(C(C)C)c2cc(-c3ncn(C)n3)ccc21.COCCn1cnc(-c2ccc3c(c2)c(C(C)C)cn3C)n1. The van der Waals surface area contributed by atoms with Crippen LogP contribution in [-0.2, 0) is 56.9 Å². The number of oxazole rings is 1. The number of nitrogens with zero attached hydrogens (tertiary/aromatic N) is 16. The van der Waals surface area contributed by atoms with Crippen molar-refractivity contribution in [3.63, 3.8) is 0 Å². The van der Waals surface area contributed by atoms with Gasteiger partial charge in [-0.25, -0.2) is 39.3 Å². The third-order valence-electron chi connectivity index (χ3n) is 21.6. The van der Waals surface area contributed by atoms with Crippen molar-refractivity contribution in [3.8, 4) is 34.2 Å². The number of methoxy groups -OCH3 is 1. The van der Waals surface area contributed by atoms with Crippen molar-refractivity contribution in [1.29, 1.82) is 0 Å². The van der Waals surface area contributed by atoms with E-state index in [0.717, 1.165) is 126 Å². The Balaban J connectivity index is 0.000000134. The maximum atomic E-state index is 12.2. The Bertz CT molecular complexity index is 5640. The number of carboxylic acid groups (broad SMARTS) is 2. The highest BCUT2D eigenvalue weighted by molar-refractivity contribution is 6.06. The quantitative estimate of drug-likeness (QED) is 0.0569. The molecule has 5 aromatic carbocycles. The second-order valence-corrected chi connectivity index (χ2v) is 31.9. The fourth-order valence-corrected chi connectivity index (χ4v) is 15.6. The summed E-state index contributed by atoms with van der Waals surface area (Å²) >= 11 is 0. The smallest absolute Gasteiger partial charge is 0.430 e. The zero-order chi connectivity index (χ0) is 82.4. The predicted octanol–water partition coefficient (Wildman–Crippen LogP) is 19.3. The minimum Gasteiger partial charge on any atom is -0.478 e. The molecule has 2 fully saturated rings. The summed E-state index contributed by atoms with van der Waals surface area (Å²) in [5.74, 6) is 2.44. The van der Waals surface area contributed by atoms with Crippen LogP contribution < -0.4 is 5.32 Å². The van der Waals surface area contributed by atoms with Crippen LogP contribution in [0.2, 0.25) is 0 Å². The molecule has 9 aromatic heterocycles. The van der Waals surface area contributed by atoms with Crippen LogP contribution in [0, 0.1) is 0 Å². The molecular weight excluding hydrogens is 1460 g/mol. The first-order valence-electron chi connectivity index (χ1n) is 40.8. The summed E-state index contributed by atoms with van der Waals surface area (Å²) in [5, 5.41) is 37.5. The van der Waals surface area contributed by atoms with E-state index in [1.807, 2.05) is 55.4 Å². The highest BCUT2D eigenvalue weighted by Crippen LogP contribution is 2.37. The van der Waals surface area contributed by atoms with Crippen LogP contribution in [0.3, 0.4) is 0 Å². The molecule has 0 radical (unpaired) electrons. The molecule has 25 heteroatoms. The van der Waals surface area contributed by atoms with E-state index in [0.29, 0.717) is 60.0 Å². The van der Waals surface area contributed by atoms with Crippen molar-refractivity contribution in [1.82, 2.24) is 77.3 Å². The number of likely N-dealkylation sites (tertiary alicyclic amines) is 1. The molecule has 116 heavy (non-hydrogen) atoms. The van der Waals surface area contributed by atoms with Crippen LogP contribution in [0.5, 0.6) is 0 Å². The number of rotatable bonds is 22. The standard InChI is InChI=1S/C22H28N4.C19H25N3O4.C17H22N4O.C17H22N4.C16H16N2O3/c1-17(2)20-16-26(14-13-25-11-4-3-5-12-25)21-8-7-18(15-19(20)21)22-23-9-6-10-24-22;1-12(2)14-9-13(20-19(25)26-22-7-5-4-6-8-22)10-15-16(18(23)24)11-21(3)17(14)15;1-12(2)15-10-20(3)16-6-5-13(9-14(15)16)17-18-11-21(19-17)7-8-22-4;1-5-8-21-10-15(12(2)3)14-9-13(6-7-16(14)21)17-18-11-20(4)19-17;1-10(2)14-7-18(6-12-8-21-9-17-12)15-4-3-11(16(19)20)5-13(14)15/h6-10,15-17H,3-5,11-14H2,1-2H3;9-12H,4-8H2,1-3H3,(H,20,25)(H,23,24);5-6,9-12H,7-8H2,1-4H3;6-7,9-12H,5,8H2,1-4H3;3-5,7-10H,6H2,1-2H3,(H,19,20). The van der Waals surface area contributed by atoms with Crippen LogP contribution >= 0.6 is 0 Å². The van der Waals surface area contributed by atoms with E-state index in [9.17, 15) is 19.5 Å². The van der Waals surface area contributed by atoms with Gasteiger partial charge in [0.1, 0.15) is 18.9 Å². The molecule has 0 aliphatic carbocycles. The van der Waals surface area contributed by atoms with E-state index < -0.39 is 18.0 Å². The van der Waals surface area contributed by atoms with Gasteiger partial charge in [-0.2, -0.15) is 10.2 Å². The largest absolute Gasteiger partial charge is 0.478 e. The van der Waals surface area contributed by atoms with Crippen molar-refractivity contribution in [2.75, 3.05) is 51.8 Å². The fourth-order valence-electron chi connectivity index (χ4n) is 15.6. The zero-order valence-electron chi connectivity index (χ0n) is 69.9. The molecule has 16 rings (SSSR count). The van der Waals surface area contributed by atoms with Gasteiger partial charge in [-0.15, -0.1) is 5.06 Å². The van der Waals surface area contributed by atoms with E-state index in [-0.39, 0.29) is 11.5 Å². The number of fused-ring (bicyclic) bond motifs is 5. The third kappa shape index (κ3) is 20.0. The Hall–Kier alpha value is -11.5. The fraction of sp³-hybridized carbons (Fsp3) is 0.407. The summed E-state index contributed by atoms with van der Waals surface area (Å²) in [7, 11) is 7.50. The summed E-state index contributed by atoms with van der Waals surface area (Å²) in [4.78, 5) is 64.6. The van der Waals surface area contributed by atoms with Gasteiger partial charge in [0.05, 0.1) is 42.0 Å². The van der Waals surface area contributed by atoms with E-state index in [2.05, 4.69) is 212 Å². The van der Waals surface area contributed by atoms with Gasteiger partial charge < -0.3 is 51.9 Å². The van der Waals surface area contributed by atoms with Gasteiger partial charge in [0.25, 0.3) is 0 Å². The number of carbonyl (C=O) groups excluding carboxylic acids is 1. The second kappa shape index (κ2) is 38.3. The maximum absolute atomic E-state index is 12.2. The molecule has 0 bridgehead atoms. The van der Waals surface area contributed by atoms with E-state index in [1.165, 1.54) is 88.1 Å². The number of aryl methyl sites for hydroxylation is 4. The van der Waals surface area contributed by atoms with Gasteiger partial charge >= 0.3 is 18.0 Å². The van der Waals surface area contributed by atoms with Crippen LogP contribution in [0.1, 0.15) is 205 Å². The first-order valence-corrected chi connectivity index (χ1v) is 40.8. The molecule has 0 unspecified atom stereocenters. The van der Waals surface area contributed by atoms with Gasteiger partial charge in [-0.3, -0.25) is 14.7 Å². The van der Waals surface area contributed by atoms with Gasteiger partial charge in [-0.05, 0) is 194 Å². The first kappa shape index (κ1) is 83.9. The number of hydrogen-bond acceptors (Lipinski definition) is 15. The van der Waals surface area contributed by atoms with Gasteiger partial charge in [-0.1, -0.05) is 89.0 Å². The number of benzene rings is 5. The topological polar surface area (TPSA) is 267 Å². The lowest BCUT2D eigenvalue weighted by Gasteiger charge is -2.26. The Morgan fingerprint density at radius 1 is 0.509 bits per heavy atom. The first-order chi connectivity index (χ1) is 55.8. The zero-order valence-corrected chi connectivity index (χ0v) is 69.9. The number of nitrogens with one attached hydrogen (secondary N) is 1. The molecule has 2 aliphatic rings. The van der Waals surface area contributed by atoms with E-state index in [1.54, 1.807) is 72.6 Å². The second-order valence-electron chi connectivity index (χ2n) is 31.9. The minimum absolute atomic E-state index is 0.174. The van der Waals surface area contributed by atoms with Gasteiger partial charge in [0.15, 0.2) is 23.9 Å². The lowest BCUT2D eigenvalue weighted by Crippen LogP contribution is -2.34. The minimum atomic E-state index is -0.988. The lowest BCUT2D eigenvalue weighted by atomic mass is 9.98. The van der Waals surface area contributed by atoms with E-state index in [4.69, 9.17) is 19.1 Å². The predicted molar refractivity (Wildman–Crippen MR) is 460 cm³/mol. The number of hydrogen-bond donors (Lipinski definition) is 3. The van der Waals surface area contributed by atoms with Crippen molar-refractivity contribution in [2.45, 2.75) is 177 Å². The number of hydroxylamine groups is 2. The number of anilines is 1. The average Bonchev–Trinajstić information content (AvgIpc) is 1.64. The molecule has 610 valence electrons. The molecule has 2 aliphatic heterocycles. The van der Waals surface area contributed by atoms with Crippen molar-refractivity contribution in [2.24, 2.45) is 21.1 Å². The van der Waals surface area contributed by atoms with Crippen LogP contribution in [-0.4, -0.2) is 152 Å². The van der Waals surface area contributed by atoms with Gasteiger partial charge in [0.2, 0.25) is 0 Å². The molecule has 0 spiro atoms. The molecular formula is C91H113N17O8. The summed E-state index contributed by atoms with van der Waals surface area (Å²) in [6, 6.07) is 30.3. The molecule has 25 nitrogen and oxygen atoms in total. The number of ether oxygens (including phenoxy) is 1. The highest BCUT2D eigenvalue weighted by Gasteiger charge is 2.24. The number of piperidine rings is 2. The van der Waals surface area contributed by atoms with Crippen molar-refractivity contribution >= 4 is 78.2 Å². The Morgan fingerprint density at radius 2 is 1.04 bits per heavy atom. The number of carboxylic acids is 2. The molecule has 11 heterocycles. The summed E-state index contributed by atoms with van der Waals surface area (Å²) in [6.07, 6.45) is 28.6. The van der Waals surface area contributed by atoms with Crippen molar-refractivity contribution in [3.05, 3.63) is 204 Å². The molecule has 2 saturated heterocycles. The summed E-state index contributed by atoms with van der Waals surface area (Å²) < 4.78 is 24.5. The molecule has 1 amide bonds. The molecule has 0 saturated carbocycles. The monoisotopic (exact) mass is 1570 g/mol. The number of carbonyl (C=O) groups is 3. The maximum Gasteiger partial charge on any atom is 0.430 e. The normalized spacial score (nSPS) is 13.4. The van der Waals surface area contributed by atoms with Crippen LogP contribution in [0.15, 0.2) is 164 Å². The molecule has 14 aromatic rings. The summed E-state index contributed by atoms with van der Waals surface area (Å²) in [5.41, 5.74) is 17.2. The average molecular weight is 1570 g/mol. The Labute approximate surface area is 678 Å². The lowest BCUT2D eigenvalue weighted by molar-refractivity contribution is -0.105. The Kier molecular flexibility index (Phi) is 27.7. The van der Waals surface area contributed by atoms with Gasteiger partial charge in [0, 0.05) is 176 Å².